The molecule has 174 valence electrons. The fraction of sp³-hybridized carbons (Fsp3) is 0.375. The van der Waals surface area contributed by atoms with Crippen LogP contribution in [0.2, 0.25) is 0 Å². The van der Waals surface area contributed by atoms with Crippen molar-refractivity contribution in [2.45, 2.75) is 37.0 Å². The Morgan fingerprint density at radius 2 is 1.88 bits per heavy atom. The summed E-state index contributed by atoms with van der Waals surface area (Å²) in [5.74, 6) is 0.0603. The van der Waals surface area contributed by atoms with Crippen molar-refractivity contribution in [1.29, 1.82) is 0 Å². The molecule has 1 atom stereocenters. The highest BCUT2D eigenvalue weighted by Crippen LogP contribution is 2.21. The van der Waals surface area contributed by atoms with Crippen LogP contribution in [-0.2, 0) is 27.6 Å². The quantitative estimate of drug-likeness (QED) is 0.360. The minimum atomic E-state index is -3.07. The van der Waals surface area contributed by atoms with Gasteiger partial charge in [0.2, 0.25) is 5.91 Å². The standard InChI is InChI=1S/C24H27N3O4S2/c1-26(19-13-15-33(30,31)17-19)22(28)16-32-24-25-21-12-6-5-11-20(21)23(29)27(24)14-7-10-18-8-3-2-4-9-18/h2-6,8-9,11-12,19H,7,10,13-17H2,1H3. The van der Waals surface area contributed by atoms with Crippen molar-refractivity contribution in [2.24, 2.45) is 0 Å². The Morgan fingerprint density at radius 3 is 2.61 bits per heavy atom. The first kappa shape index (κ1) is 23.5. The number of para-hydroxylation sites is 1. The number of carbonyl (C=O) groups is 1. The first-order chi connectivity index (χ1) is 15.8. The smallest absolute Gasteiger partial charge is 0.262 e. The van der Waals surface area contributed by atoms with Gasteiger partial charge in [-0.25, -0.2) is 13.4 Å². The highest BCUT2D eigenvalue weighted by molar-refractivity contribution is 7.99. The predicted octanol–water partition coefficient (Wildman–Crippen LogP) is 2.77. The molecular formula is C24H27N3O4S2. The number of hydrogen-bond donors (Lipinski definition) is 0. The Labute approximate surface area is 197 Å². The maximum atomic E-state index is 13.2. The van der Waals surface area contributed by atoms with Crippen LogP contribution < -0.4 is 5.56 Å². The van der Waals surface area contributed by atoms with Crippen molar-refractivity contribution < 1.29 is 13.2 Å². The SMILES string of the molecule is CN(C(=O)CSc1nc2ccccc2c(=O)n1CCCc1ccccc1)C1CCS(=O)(=O)C1. The van der Waals surface area contributed by atoms with Crippen molar-refractivity contribution in [2.75, 3.05) is 24.3 Å². The maximum absolute atomic E-state index is 13.2. The molecule has 1 aliphatic heterocycles. The molecule has 0 radical (unpaired) electrons. The molecule has 1 fully saturated rings. The molecule has 0 spiro atoms. The molecule has 0 saturated carbocycles. The number of thioether (sulfide) groups is 1. The highest BCUT2D eigenvalue weighted by atomic mass is 32.2. The van der Waals surface area contributed by atoms with Crippen LogP contribution >= 0.6 is 11.8 Å². The number of rotatable bonds is 8. The van der Waals surface area contributed by atoms with Crippen molar-refractivity contribution in [3.05, 3.63) is 70.5 Å². The van der Waals surface area contributed by atoms with Crippen LogP contribution in [0.3, 0.4) is 0 Å². The summed E-state index contributed by atoms with van der Waals surface area (Å²) in [4.78, 5) is 32.2. The summed E-state index contributed by atoms with van der Waals surface area (Å²) in [5.41, 5.74) is 1.70. The van der Waals surface area contributed by atoms with Crippen molar-refractivity contribution in [1.82, 2.24) is 14.5 Å². The van der Waals surface area contributed by atoms with E-state index in [1.165, 1.54) is 22.2 Å². The first-order valence-electron chi connectivity index (χ1n) is 11.0. The van der Waals surface area contributed by atoms with E-state index in [1.807, 2.05) is 30.3 Å². The zero-order valence-corrected chi connectivity index (χ0v) is 20.1. The molecule has 9 heteroatoms. The van der Waals surface area contributed by atoms with Gasteiger partial charge in [-0.2, -0.15) is 0 Å². The minimum absolute atomic E-state index is 0.0122. The van der Waals surface area contributed by atoms with Gasteiger partial charge in [-0.15, -0.1) is 0 Å². The van der Waals surface area contributed by atoms with Gasteiger partial charge in [-0.1, -0.05) is 54.2 Å². The molecule has 1 aliphatic rings. The summed E-state index contributed by atoms with van der Waals surface area (Å²) in [6, 6.07) is 17.0. The number of benzene rings is 2. The number of amides is 1. The van der Waals surface area contributed by atoms with Gasteiger partial charge in [0.25, 0.3) is 5.56 Å². The second-order valence-electron chi connectivity index (χ2n) is 8.31. The zero-order valence-electron chi connectivity index (χ0n) is 18.5. The van der Waals surface area contributed by atoms with Gasteiger partial charge in [0.15, 0.2) is 15.0 Å². The Morgan fingerprint density at radius 1 is 1.15 bits per heavy atom. The molecule has 2 heterocycles. The van der Waals surface area contributed by atoms with Gasteiger partial charge in [-0.05, 0) is 37.0 Å². The van der Waals surface area contributed by atoms with Crippen LogP contribution in [-0.4, -0.2) is 59.1 Å². The van der Waals surface area contributed by atoms with Gasteiger partial charge in [0.1, 0.15) is 0 Å². The lowest BCUT2D eigenvalue weighted by Crippen LogP contribution is -2.39. The molecule has 7 nitrogen and oxygen atoms in total. The number of aryl methyl sites for hydroxylation is 1. The van der Waals surface area contributed by atoms with E-state index in [0.717, 1.165) is 12.8 Å². The summed E-state index contributed by atoms with van der Waals surface area (Å²) in [6.45, 7) is 0.499. The zero-order chi connectivity index (χ0) is 23.4. The number of aromatic nitrogens is 2. The van der Waals surface area contributed by atoms with Gasteiger partial charge >= 0.3 is 0 Å². The molecule has 1 unspecified atom stereocenters. The molecule has 0 N–H and O–H groups in total. The van der Waals surface area contributed by atoms with E-state index in [-0.39, 0.29) is 34.8 Å². The average Bonchev–Trinajstić information content (AvgIpc) is 3.19. The summed E-state index contributed by atoms with van der Waals surface area (Å²) in [5, 5.41) is 1.06. The van der Waals surface area contributed by atoms with E-state index >= 15 is 0 Å². The topological polar surface area (TPSA) is 89.3 Å². The van der Waals surface area contributed by atoms with Crippen LogP contribution in [0.25, 0.3) is 10.9 Å². The Bertz CT molecular complexity index is 1310. The van der Waals surface area contributed by atoms with E-state index in [9.17, 15) is 18.0 Å². The summed E-state index contributed by atoms with van der Waals surface area (Å²) in [6.07, 6.45) is 2.07. The third-order valence-corrected chi connectivity index (χ3v) is 8.70. The summed E-state index contributed by atoms with van der Waals surface area (Å²) >= 11 is 1.23. The number of fused-ring (bicyclic) bond motifs is 1. The van der Waals surface area contributed by atoms with E-state index < -0.39 is 9.84 Å². The third-order valence-electron chi connectivity index (χ3n) is 5.99. The molecule has 1 aromatic heterocycles. The number of hydrogen-bond acceptors (Lipinski definition) is 6. The molecule has 0 bridgehead atoms. The fourth-order valence-electron chi connectivity index (χ4n) is 4.05. The second kappa shape index (κ2) is 10.1. The average molecular weight is 486 g/mol. The third kappa shape index (κ3) is 5.65. The lowest BCUT2D eigenvalue weighted by Gasteiger charge is -2.23. The van der Waals surface area contributed by atoms with Crippen LogP contribution in [0, 0.1) is 0 Å². The Balaban J connectivity index is 1.51. The minimum Gasteiger partial charge on any atom is -0.341 e. The van der Waals surface area contributed by atoms with Gasteiger partial charge in [-0.3, -0.25) is 14.2 Å². The van der Waals surface area contributed by atoms with Gasteiger partial charge in [0, 0.05) is 19.6 Å². The molecule has 3 aromatic rings. The molecule has 33 heavy (non-hydrogen) atoms. The second-order valence-corrected chi connectivity index (χ2v) is 11.5. The number of carbonyl (C=O) groups excluding carboxylic acids is 1. The predicted molar refractivity (Wildman–Crippen MR) is 131 cm³/mol. The lowest BCUT2D eigenvalue weighted by atomic mass is 10.1. The Kier molecular flexibility index (Phi) is 7.19. The van der Waals surface area contributed by atoms with Crippen molar-refractivity contribution in [3.63, 3.8) is 0 Å². The van der Waals surface area contributed by atoms with Crippen LogP contribution in [0.5, 0.6) is 0 Å². The maximum Gasteiger partial charge on any atom is 0.262 e. The lowest BCUT2D eigenvalue weighted by molar-refractivity contribution is -0.128. The van der Waals surface area contributed by atoms with Crippen LogP contribution in [0.1, 0.15) is 18.4 Å². The van der Waals surface area contributed by atoms with Crippen LogP contribution in [0.4, 0.5) is 0 Å². The highest BCUT2D eigenvalue weighted by Gasteiger charge is 2.32. The van der Waals surface area contributed by atoms with Gasteiger partial charge in [0.05, 0.1) is 28.2 Å². The molecule has 1 saturated heterocycles. The number of nitrogens with zero attached hydrogens (tertiary/aromatic N) is 3. The molecular weight excluding hydrogens is 458 g/mol. The van der Waals surface area contributed by atoms with Crippen molar-refractivity contribution >= 4 is 38.4 Å². The molecule has 2 aromatic carbocycles. The Hall–Kier alpha value is -2.65. The molecule has 4 rings (SSSR count). The van der Waals surface area contributed by atoms with E-state index in [4.69, 9.17) is 0 Å². The first-order valence-corrected chi connectivity index (χ1v) is 13.8. The fourth-order valence-corrected chi connectivity index (χ4v) is 6.78. The number of sulfone groups is 1. The summed E-state index contributed by atoms with van der Waals surface area (Å²) < 4.78 is 25.2. The van der Waals surface area contributed by atoms with Crippen molar-refractivity contribution in [3.8, 4) is 0 Å². The largest absolute Gasteiger partial charge is 0.341 e. The van der Waals surface area contributed by atoms with E-state index in [1.54, 1.807) is 23.7 Å². The van der Waals surface area contributed by atoms with Crippen LogP contribution in [0.15, 0.2) is 64.5 Å². The molecule has 1 amide bonds. The summed E-state index contributed by atoms with van der Waals surface area (Å²) in [7, 11) is -1.42. The van der Waals surface area contributed by atoms with Gasteiger partial charge < -0.3 is 4.90 Å². The van der Waals surface area contributed by atoms with E-state index in [0.29, 0.717) is 29.0 Å². The molecule has 0 aliphatic carbocycles. The normalized spacial score (nSPS) is 17.3. The van der Waals surface area contributed by atoms with E-state index in [2.05, 4.69) is 17.1 Å². The monoisotopic (exact) mass is 485 g/mol.